The second kappa shape index (κ2) is 5.76. The van der Waals surface area contributed by atoms with Crippen LogP contribution in [0.4, 0.5) is 11.6 Å². The smallest absolute Gasteiger partial charge is 0.360 e. The maximum atomic E-state index is 11.1. The van der Waals surface area contributed by atoms with Crippen LogP contribution in [-0.2, 0) is 26.2 Å². The van der Waals surface area contributed by atoms with E-state index in [0.29, 0.717) is 24.7 Å². The molecule has 7 nitrogen and oxygen atoms in total. The molecule has 0 spiro atoms. The molecule has 0 saturated heterocycles. The molecule has 1 aromatic heterocycles. The summed E-state index contributed by atoms with van der Waals surface area (Å²) in [6, 6.07) is 6.32. The molecule has 0 unspecified atom stereocenters. The van der Waals surface area contributed by atoms with Crippen LogP contribution in [0.15, 0.2) is 18.2 Å². The van der Waals surface area contributed by atoms with Crippen molar-refractivity contribution in [2.45, 2.75) is 40.0 Å². The van der Waals surface area contributed by atoms with Crippen LogP contribution in [0.5, 0.6) is 0 Å². The molecule has 2 N–H and O–H groups in total. The maximum Gasteiger partial charge on any atom is 0.406 e. The van der Waals surface area contributed by atoms with Crippen molar-refractivity contribution < 1.29 is 4.92 Å². The van der Waals surface area contributed by atoms with Crippen molar-refractivity contribution in [1.82, 2.24) is 14.9 Å². The molecule has 2 aromatic rings. The van der Waals surface area contributed by atoms with Crippen molar-refractivity contribution in [3.8, 4) is 0 Å². The molecule has 0 radical (unpaired) electrons. The summed E-state index contributed by atoms with van der Waals surface area (Å²) in [5.74, 6) is 1.01. The van der Waals surface area contributed by atoms with Gasteiger partial charge in [-0.25, -0.2) is 0 Å². The lowest BCUT2D eigenvalue weighted by molar-refractivity contribution is -0.388. The van der Waals surface area contributed by atoms with Crippen molar-refractivity contribution in [1.29, 1.82) is 0 Å². The van der Waals surface area contributed by atoms with E-state index >= 15 is 0 Å². The summed E-state index contributed by atoms with van der Waals surface area (Å²) in [5, 5.41) is 17.6. The van der Waals surface area contributed by atoms with Crippen LogP contribution < -0.4 is 10.6 Å². The number of nitrogens with zero attached hydrogens (tertiary/aromatic N) is 3. The van der Waals surface area contributed by atoms with Gasteiger partial charge in [0.1, 0.15) is 0 Å². The number of benzene rings is 1. The van der Waals surface area contributed by atoms with Crippen LogP contribution in [0, 0.1) is 17.0 Å². The predicted octanol–water partition coefficient (Wildman–Crippen LogP) is 2.33. The Morgan fingerprint density at radius 1 is 1.41 bits per heavy atom. The van der Waals surface area contributed by atoms with E-state index in [0.717, 1.165) is 18.7 Å². The standard InChI is InChI=1S/C15H19N5O2/c1-3-19-10(2)18-15(20(21)22)14(19)17-7-11-4-5-12-8-16-9-13(12)6-11/h4-6,16-17H,3,7-9H2,1-2H3. The Kier molecular flexibility index (Phi) is 3.81. The summed E-state index contributed by atoms with van der Waals surface area (Å²) in [7, 11) is 0. The summed E-state index contributed by atoms with van der Waals surface area (Å²) in [6.45, 7) is 6.71. The molecule has 0 aliphatic carbocycles. The average molecular weight is 301 g/mol. The van der Waals surface area contributed by atoms with Gasteiger partial charge in [0, 0.05) is 33.1 Å². The van der Waals surface area contributed by atoms with Gasteiger partial charge in [-0.3, -0.25) is 4.57 Å². The van der Waals surface area contributed by atoms with Crippen LogP contribution in [0.25, 0.3) is 0 Å². The third kappa shape index (κ3) is 2.55. The van der Waals surface area contributed by atoms with E-state index in [9.17, 15) is 10.1 Å². The van der Waals surface area contributed by atoms with Crippen molar-refractivity contribution in [3.63, 3.8) is 0 Å². The molecule has 0 amide bonds. The van der Waals surface area contributed by atoms with Crippen LogP contribution in [-0.4, -0.2) is 14.5 Å². The van der Waals surface area contributed by atoms with Gasteiger partial charge in [0.15, 0.2) is 0 Å². The van der Waals surface area contributed by atoms with E-state index in [4.69, 9.17) is 0 Å². The largest absolute Gasteiger partial charge is 0.406 e. The molecular formula is C15H19N5O2. The van der Waals surface area contributed by atoms with E-state index in [1.54, 1.807) is 6.92 Å². The fourth-order valence-corrected chi connectivity index (χ4v) is 2.88. The number of imidazole rings is 1. The number of rotatable bonds is 5. The minimum Gasteiger partial charge on any atom is -0.360 e. The van der Waals surface area contributed by atoms with Gasteiger partial charge in [0.25, 0.3) is 0 Å². The van der Waals surface area contributed by atoms with Gasteiger partial charge in [0.05, 0.1) is 0 Å². The van der Waals surface area contributed by atoms with E-state index in [1.807, 2.05) is 11.5 Å². The normalized spacial score (nSPS) is 13.2. The lowest BCUT2D eigenvalue weighted by Crippen LogP contribution is -2.08. The minimum atomic E-state index is -0.436. The molecule has 3 rings (SSSR count). The molecule has 1 aliphatic heterocycles. The van der Waals surface area contributed by atoms with Crippen molar-refractivity contribution in [2.24, 2.45) is 0 Å². The summed E-state index contributed by atoms with van der Waals surface area (Å²) >= 11 is 0. The Morgan fingerprint density at radius 2 is 2.18 bits per heavy atom. The predicted molar refractivity (Wildman–Crippen MR) is 83.6 cm³/mol. The van der Waals surface area contributed by atoms with Gasteiger partial charge >= 0.3 is 5.82 Å². The average Bonchev–Trinajstić information content (AvgIpc) is 3.08. The Hall–Kier alpha value is -2.41. The van der Waals surface area contributed by atoms with Gasteiger partial charge in [-0.2, -0.15) is 0 Å². The number of hydrogen-bond acceptors (Lipinski definition) is 5. The molecule has 0 fully saturated rings. The van der Waals surface area contributed by atoms with Crippen LogP contribution in [0.1, 0.15) is 29.4 Å². The van der Waals surface area contributed by atoms with E-state index in [1.165, 1.54) is 11.1 Å². The zero-order valence-corrected chi connectivity index (χ0v) is 12.7. The number of aromatic nitrogens is 2. The summed E-state index contributed by atoms with van der Waals surface area (Å²) in [4.78, 5) is 14.8. The van der Waals surface area contributed by atoms with Crippen molar-refractivity contribution >= 4 is 11.6 Å². The number of hydrogen-bond donors (Lipinski definition) is 2. The second-order valence-electron chi connectivity index (χ2n) is 5.39. The first-order valence-corrected chi connectivity index (χ1v) is 7.37. The number of fused-ring (bicyclic) bond motifs is 1. The maximum absolute atomic E-state index is 11.1. The van der Waals surface area contributed by atoms with Gasteiger partial charge in [-0.1, -0.05) is 18.2 Å². The lowest BCUT2D eigenvalue weighted by atomic mass is 10.1. The number of anilines is 1. The molecule has 1 aliphatic rings. The molecule has 0 saturated carbocycles. The first-order chi connectivity index (χ1) is 10.6. The van der Waals surface area contributed by atoms with Crippen molar-refractivity contribution in [3.05, 3.63) is 50.8 Å². The Morgan fingerprint density at radius 3 is 2.91 bits per heavy atom. The fraction of sp³-hybridized carbons (Fsp3) is 0.400. The summed E-state index contributed by atoms with van der Waals surface area (Å²) < 4.78 is 1.83. The molecule has 22 heavy (non-hydrogen) atoms. The Labute approximate surface area is 128 Å². The van der Waals surface area contributed by atoms with Crippen LogP contribution >= 0.6 is 0 Å². The molecule has 0 atom stereocenters. The highest BCUT2D eigenvalue weighted by molar-refractivity contribution is 5.54. The molecule has 2 heterocycles. The quantitative estimate of drug-likeness (QED) is 0.654. The van der Waals surface area contributed by atoms with Gasteiger partial charge in [-0.05, 0) is 33.5 Å². The lowest BCUT2D eigenvalue weighted by Gasteiger charge is -2.09. The van der Waals surface area contributed by atoms with Crippen LogP contribution in [0.3, 0.4) is 0 Å². The van der Waals surface area contributed by atoms with Gasteiger partial charge in [-0.15, -0.1) is 0 Å². The first kappa shape index (κ1) is 14.5. The third-order valence-corrected chi connectivity index (χ3v) is 3.99. The van der Waals surface area contributed by atoms with Gasteiger partial charge < -0.3 is 20.7 Å². The highest BCUT2D eigenvalue weighted by Gasteiger charge is 2.24. The number of aryl methyl sites for hydroxylation is 1. The first-order valence-electron chi connectivity index (χ1n) is 7.37. The minimum absolute atomic E-state index is 0.109. The second-order valence-corrected chi connectivity index (χ2v) is 5.39. The SMILES string of the molecule is CCn1c(C)nc([N+](=O)[O-])c1NCc1ccc2c(c1)CNC2. The molecule has 7 heteroatoms. The van der Waals surface area contributed by atoms with Crippen molar-refractivity contribution in [2.75, 3.05) is 5.32 Å². The molecular weight excluding hydrogens is 282 g/mol. The number of nitrogens with one attached hydrogen (secondary N) is 2. The highest BCUT2D eigenvalue weighted by Crippen LogP contribution is 2.26. The zero-order chi connectivity index (χ0) is 15.7. The number of nitro groups is 1. The zero-order valence-electron chi connectivity index (χ0n) is 12.7. The van der Waals surface area contributed by atoms with Crippen LogP contribution in [0.2, 0.25) is 0 Å². The molecule has 0 bridgehead atoms. The summed E-state index contributed by atoms with van der Waals surface area (Å²) in [6.07, 6.45) is 0. The van der Waals surface area contributed by atoms with E-state index in [-0.39, 0.29) is 5.82 Å². The monoisotopic (exact) mass is 301 g/mol. The molecule has 116 valence electrons. The van der Waals surface area contributed by atoms with E-state index < -0.39 is 4.92 Å². The molecule has 1 aromatic carbocycles. The Balaban J connectivity index is 1.83. The highest BCUT2D eigenvalue weighted by atomic mass is 16.6. The van der Waals surface area contributed by atoms with Gasteiger partial charge in [0.2, 0.25) is 11.6 Å². The summed E-state index contributed by atoms with van der Waals surface area (Å²) in [5.41, 5.74) is 3.73. The Bertz CT molecular complexity index is 723. The third-order valence-electron chi connectivity index (χ3n) is 3.99. The van der Waals surface area contributed by atoms with E-state index in [2.05, 4.69) is 33.8 Å². The fourth-order valence-electron chi connectivity index (χ4n) is 2.88. The topological polar surface area (TPSA) is 85.0 Å².